The second kappa shape index (κ2) is 8.54. The monoisotopic (exact) mass is 454 g/mol. The molecule has 0 unspecified atom stereocenters. The summed E-state index contributed by atoms with van der Waals surface area (Å²) in [5, 5.41) is 10.3. The molecule has 0 saturated heterocycles. The molecule has 0 aliphatic rings. The van der Waals surface area contributed by atoms with Gasteiger partial charge in [0, 0.05) is 30.6 Å². The van der Waals surface area contributed by atoms with E-state index < -0.39 is 0 Å². The first kappa shape index (κ1) is 20.8. The van der Waals surface area contributed by atoms with Crippen molar-refractivity contribution < 1.29 is 5.11 Å². The van der Waals surface area contributed by atoms with Crippen molar-refractivity contribution in [1.82, 2.24) is 19.5 Å². The molecule has 3 aromatic carbocycles. The van der Waals surface area contributed by atoms with Gasteiger partial charge in [0.05, 0.1) is 16.7 Å². The zero-order valence-corrected chi connectivity index (χ0v) is 19.1. The molecular formula is C30H22N4O. The summed E-state index contributed by atoms with van der Waals surface area (Å²) in [6, 6.07) is 32.3. The van der Waals surface area contributed by atoms with Crippen LogP contribution in [-0.4, -0.2) is 24.6 Å². The van der Waals surface area contributed by atoms with Crippen LogP contribution in [-0.2, 0) is 7.05 Å². The molecule has 168 valence electrons. The fraction of sp³-hybridized carbons (Fsp3) is 0.0333. The number of para-hydroxylation sites is 1. The number of fused-ring (bicyclic) bond motifs is 1. The largest absolute Gasteiger partial charge is 0.506 e. The molecule has 6 aromatic rings. The van der Waals surface area contributed by atoms with Gasteiger partial charge in [-0.3, -0.25) is 4.98 Å². The third-order valence-corrected chi connectivity index (χ3v) is 6.25. The summed E-state index contributed by atoms with van der Waals surface area (Å²) in [4.78, 5) is 13.9. The third kappa shape index (κ3) is 3.73. The van der Waals surface area contributed by atoms with E-state index in [1.54, 1.807) is 18.3 Å². The highest BCUT2D eigenvalue weighted by Gasteiger charge is 2.17. The van der Waals surface area contributed by atoms with Gasteiger partial charge in [0.15, 0.2) is 5.82 Å². The van der Waals surface area contributed by atoms with Crippen LogP contribution < -0.4 is 0 Å². The van der Waals surface area contributed by atoms with Crippen molar-refractivity contribution in [3.05, 3.63) is 109 Å². The van der Waals surface area contributed by atoms with Gasteiger partial charge in [-0.25, -0.2) is 9.97 Å². The number of hydrogen-bond acceptors (Lipinski definition) is 4. The van der Waals surface area contributed by atoms with Crippen molar-refractivity contribution in [1.29, 1.82) is 0 Å². The fourth-order valence-corrected chi connectivity index (χ4v) is 4.47. The number of aryl methyl sites for hydroxylation is 1. The SMILES string of the molecule is Cn1c(-c2ncccc2O)nc2c(-c3cccc(-c4cc(-c5ccccc5)ccn4)c3)cccc21. The number of nitrogens with zero attached hydrogens (tertiary/aromatic N) is 4. The van der Waals surface area contributed by atoms with Crippen LogP contribution in [0.4, 0.5) is 0 Å². The van der Waals surface area contributed by atoms with Gasteiger partial charge in [0.25, 0.3) is 0 Å². The Morgan fingerprint density at radius 3 is 2.31 bits per heavy atom. The molecule has 35 heavy (non-hydrogen) atoms. The number of aromatic hydroxyl groups is 1. The Morgan fingerprint density at radius 2 is 1.46 bits per heavy atom. The molecule has 0 bridgehead atoms. The minimum Gasteiger partial charge on any atom is -0.506 e. The van der Waals surface area contributed by atoms with Crippen molar-refractivity contribution in [2.24, 2.45) is 7.05 Å². The molecule has 3 heterocycles. The Labute approximate surface area is 203 Å². The van der Waals surface area contributed by atoms with Crippen molar-refractivity contribution >= 4 is 11.0 Å². The standard InChI is InChI=1S/C30H22N4O/c1-34-26-13-6-12-24(28(26)33-30(34)29-27(35)14-7-16-32-29)22-10-5-11-23(18-22)25-19-21(15-17-31-25)20-8-3-2-4-9-20/h2-19,35H,1H3. The average molecular weight is 455 g/mol. The van der Waals surface area contributed by atoms with Crippen molar-refractivity contribution in [3.8, 4) is 50.8 Å². The van der Waals surface area contributed by atoms with Gasteiger partial charge in [-0.05, 0) is 53.1 Å². The molecule has 0 radical (unpaired) electrons. The van der Waals surface area contributed by atoms with E-state index in [0.29, 0.717) is 11.5 Å². The van der Waals surface area contributed by atoms with Gasteiger partial charge in [0.2, 0.25) is 0 Å². The maximum absolute atomic E-state index is 10.3. The molecule has 6 rings (SSSR count). The highest BCUT2D eigenvalue weighted by atomic mass is 16.3. The molecule has 0 fully saturated rings. The molecule has 0 aliphatic carbocycles. The Bertz CT molecular complexity index is 1670. The first-order valence-corrected chi connectivity index (χ1v) is 11.4. The highest BCUT2D eigenvalue weighted by Crippen LogP contribution is 2.35. The lowest BCUT2D eigenvalue weighted by atomic mass is 9.99. The van der Waals surface area contributed by atoms with Gasteiger partial charge in [-0.2, -0.15) is 0 Å². The average Bonchev–Trinajstić information content (AvgIpc) is 3.26. The summed E-state index contributed by atoms with van der Waals surface area (Å²) in [6.07, 6.45) is 3.52. The quantitative estimate of drug-likeness (QED) is 0.320. The minimum absolute atomic E-state index is 0.110. The van der Waals surface area contributed by atoms with E-state index in [0.717, 1.165) is 44.5 Å². The second-order valence-electron chi connectivity index (χ2n) is 8.42. The Kier molecular flexibility index (Phi) is 5.08. The number of pyridine rings is 2. The van der Waals surface area contributed by atoms with Gasteiger partial charge in [-0.1, -0.05) is 60.7 Å². The van der Waals surface area contributed by atoms with Crippen molar-refractivity contribution in [2.45, 2.75) is 0 Å². The van der Waals surface area contributed by atoms with Crippen LogP contribution >= 0.6 is 0 Å². The number of benzene rings is 3. The van der Waals surface area contributed by atoms with Crippen LogP contribution in [0.25, 0.3) is 56.1 Å². The molecule has 0 saturated carbocycles. The van der Waals surface area contributed by atoms with Gasteiger partial charge in [-0.15, -0.1) is 0 Å². The topological polar surface area (TPSA) is 63.8 Å². The zero-order chi connectivity index (χ0) is 23.8. The lowest BCUT2D eigenvalue weighted by Crippen LogP contribution is -1.94. The number of hydrogen-bond donors (Lipinski definition) is 1. The number of imidazole rings is 1. The first-order valence-electron chi connectivity index (χ1n) is 11.4. The predicted octanol–water partition coefficient (Wildman–Crippen LogP) is 6.74. The maximum atomic E-state index is 10.3. The summed E-state index contributed by atoms with van der Waals surface area (Å²) in [6.45, 7) is 0. The first-order chi connectivity index (χ1) is 17.2. The van der Waals surface area contributed by atoms with E-state index in [2.05, 4.69) is 58.5 Å². The maximum Gasteiger partial charge on any atom is 0.163 e. The molecule has 0 atom stereocenters. The van der Waals surface area contributed by atoms with Crippen LogP contribution in [0.5, 0.6) is 5.75 Å². The Balaban J connectivity index is 1.46. The minimum atomic E-state index is 0.110. The van der Waals surface area contributed by atoms with E-state index in [-0.39, 0.29) is 5.75 Å². The Hall–Kier alpha value is -4.77. The lowest BCUT2D eigenvalue weighted by molar-refractivity contribution is 0.474. The molecule has 5 nitrogen and oxygen atoms in total. The molecule has 1 N–H and O–H groups in total. The molecular weight excluding hydrogens is 432 g/mol. The lowest BCUT2D eigenvalue weighted by Gasteiger charge is -2.08. The van der Waals surface area contributed by atoms with E-state index in [4.69, 9.17) is 4.98 Å². The summed E-state index contributed by atoms with van der Waals surface area (Å²) >= 11 is 0. The van der Waals surface area contributed by atoms with E-state index in [1.807, 2.05) is 54.2 Å². The summed E-state index contributed by atoms with van der Waals surface area (Å²) in [5.74, 6) is 0.734. The zero-order valence-electron chi connectivity index (χ0n) is 19.1. The highest BCUT2D eigenvalue weighted by molar-refractivity contribution is 5.95. The van der Waals surface area contributed by atoms with Gasteiger partial charge < -0.3 is 9.67 Å². The van der Waals surface area contributed by atoms with E-state index >= 15 is 0 Å². The smallest absolute Gasteiger partial charge is 0.163 e. The summed E-state index contributed by atoms with van der Waals surface area (Å²) in [5.41, 5.74) is 8.61. The van der Waals surface area contributed by atoms with Crippen LogP contribution in [0.1, 0.15) is 0 Å². The van der Waals surface area contributed by atoms with Crippen LogP contribution in [0.15, 0.2) is 109 Å². The number of aromatic nitrogens is 4. The summed E-state index contributed by atoms with van der Waals surface area (Å²) in [7, 11) is 1.94. The van der Waals surface area contributed by atoms with E-state index in [1.165, 1.54) is 0 Å². The summed E-state index contributed by atoms with van der Waals surface area (Å²) < 4.78 is 1.97. The van der Waals surface area contributed by atoms with Crippen LogP contribution in [0.2, 0.25) is 0 Å². The van der Waals surface area contributed by atoms with Crippen molar-refractivity contribution in [2.75, 3.05) is 0 Å². The fourth-order valence-electron chi connectivity index (χ4n) is 4.47. The van der Waals surface area contributed by atoms with Gasteiger partial charge in [0.1, 0.15) is 11.4 Å². The van der Waals surface area contributed by atoms with Crippen LogP contribution in [0.3, 0.4) is 0 Å². The normalized spacial score (nSPS) is 11.1. The predicted molar refractivity (Wildman–Crippen MR) is 140 cm³/mol. The second-order valence-corrected chi connectivity index (χ2v) is 8.42. The molecule has 0 spiro atoms. The van der Waals surface area contributed by atoms with Gasteiger partial charge >= 0.3 is 0 Å². The third-order valence-electron chi connectivity index (χ3n) is 6.25. The van der Waals surface area contributed by atoms with Crippen molar-refractivity contribution in [3.63, 3.8) is 0 Å². The van der Waals surface area contributed by atoms with E-state index in [9.17, 15) is 5.11 Å². The Morgan fingerprint density at radius 1 is 0.657 bits per heavy atom. The molecule has 0 aliphatic heterocycles. The number of rotatable bonds is 4. The van der Waals surface area contributed by atoms with Crippen LogP contribution in [0, 0.1) is 0 Å². The molecule has 0 amide bonds. The molecule has 3 aromatic heterocycles. The molecule has 5 heteroatoms.